The molecule has 1 aromatic carbocycles. The molecule has 16 heavy (non-hydrogen) atoms. The van der Waals surface area contributed by atoms with Crippen molar-refractivity contribution in [2.75, 3.05) is 6.61 Å². The summed E-state index contributed by atoms with van der Waals surface area (Å²) in [6, 6.07) is 3.39. The molecule has 0 unspecified atom stereocenters. The average molecular weight is 232 g/mol. The Balaban J connectivity index is 3.20. The van der Waals surface area contributed by atoms with Crippen LogP contribution in [0.25, 0.3) is 0 Å². The summed E-state index contributed by atoms with van der Waals surface area (Å²) in [4.78, 5) is 10.6. The first-order valence-corrected chi connectivity index (χ1v) is 4.79. The molecular formula is C11H11F3O2. The van der Waals surface area contributed by atoms with Gasteiger partial charge in [0.15, 0.2) is 6.29 Å². The summed E-state index contributed by atoms with van der Waals surface area (Å²) < 4.78 is 42.8. The second-order valence-corrected chi connectivity index (χ2v) is 3.19. The second-order valence-electron chi connectivity index (χ2n) is 3.19. The Morgan fingerprint density at radius 1 is 1.38 bits per heavy atom. The van der Waals surface area contributed by atoms with Gasteiger partial charge >= 0.3 is 6.18 Å². The highest BCUT2D eigenvalue weighted by Crippen LogP contribution is 2.37. The van der Waals surface area contributed by atoms with Crippen LogP contribution in [0.5, 0.6) is 5.75 Å². The smallest absolute Gasteiger partial charge is 0.419 e. The Bertz CT molecular complexity index is 372. The van der Waals surface area contributed by atoms with E-state index in [9.17, 15) is 18.0 Å². The lowest BCUT2D eigenvalue weighted by Crippen LogP contribution is -2.10. The Morgan fingerprint density at radius 2 is 2.06 bits per heavy atom. The van der Waals surface area contributed by atoms with E-state index < -0.39 is 11.7 Å². The lowest BCUT2D eigenvalue weighted by Gasteiger charge is -2.14. The van der Waals surface area contributed by atoms with E-state index in [1.807, 2.05) is 0 Å². The van der Waals surface area contributed by atoms with Crippen molar-refractivity contribution >= 4 is 6.29 Å². The van der Waals surface area contributed by atoms with E-state index in [0.717, 1.165) is 6.07 Å². The lowest BCUT2D eigenvalue weighted by atomic mass is 10.1. The Kier molecular flexibility index (Phi) is 3.93. The minimum Gasteiger partial charge on any atom is -0.492 e. The third-order valence-corrected chi connectivity index (χ3v) is 1.93. The third-order valence-electron chi connectivity index (χ3n) is 1.93. The molecule has 0 radical (unpaired) electrons. The number of alkyl halides is 3. The largest absolute Gasteiger partial charge is 0.492 e. The van der Waals surface area contributed by atoms with E-state index in [0.29, 0.717) is 12.7 Å². The van der Waals surface area contributed by atoms with Crippen LogP contribution in [0, 0.1) is 0 Å². The first kappa shape index (κ1) is 12.5. The number of rotatable bonds is 4. The predicted molar refractivity (Wildman–Crippen MR) is 52.6 cm³/mol. The van der Waals surface area contributed by atoms with Gasteiger partial charge in [0.25, 0.3) is 0 Å². The molecule has 0 saturated heterocycles. The Morgan fingerprint density at radius 3 is 2.56 bits per heavy atom. The lowest BCUT2D eigenvalue weighted by molar-refractivity contribution is -0.139. The molecule has 2 nitrogen and oxygen atoms in total. The molecule has 0 aliphatic heterocycles. The third kappa shape index (κ3) is 2.74. The molecule has 88 valence electrons. The minimum absolute atomic E-state index is 0.0803. The maximum absolute atomic E-state index is 12.6. The van der Waals surface area contributed by atoms with Crippen LogP contribution in [0.3, 0.4) is 0 Å². The van der Waals surface area contributed by atoms with Gasteiger partial charge in [-0.25, -0.2) is 0 Å². The number of carbonyl (C=O) groups is 1. The van der Waals surface area contributed by atoms with Crippen LogP contribution in [-0.4, -0.2) is 12.9 Å². The van der Waals surface area contributed by atoms with Gasteiger partial charge in [-0.3, -0.25) is 4.79 Å². The number of ether oxygens (including phenoxy) is 1. The van der Waals surface area contributed by atoms with Crippen LogP contribution in [-0.2, 0) is 6.18 Å². The van der Waals surface area contributed by atoms with E-state index in [-0.39, 0.29) is 17.9 Å². The van der Waals surface area contributed by atoms with Gasteiger partial charge in [-0.05, 0) is 18.6 Å². The van der Waals surface area contributed by atoms with Gasteiger partial charge in [0.05, 0.1) is 17.7 Å². The van der Waals surface area contributed by atoms with E-state index in [1.54, 1.807) is 6.92 Å². The number of aldehydes is 1. The molecule has 0 N–H and O–H groups in total. The normalized spacial score (nSPS) is 11.2. The van der Waals surface area contributed by atoms with Crippen LogP contribution < -0.4 is 4.74 Å². The highest BCUT2D eigenvalue weighted by Gasteiger charge is 2.35. The van der Waals surface area contributed by atoms with Crippen molar-refractivity contribution in [3.63, 3.8) is 0 Å². The molecule has 0 heterocycles. The molecule has 0 spiro atoms. The van der Waals surface area contributed by atoms with Crippen molar-refractivity contribution in [2.24, 2.45) is 0 Å². The Labute approximate surface area is 91.0 Å². The first-order valence-electron chi connectivity index (χ1n) is 4.79. The zero-order chi connectivity index (χ0) is 12.2. The maximum Gasteiger partial charge on any atom is 0.419 e. The summed E-state index contributed by atoms with van der Waals surface area (Å²) in [6.45, 7) is 1.92. The van der Waals surface area contributed by atoms with Crippen LogP contribution in [0.1, 0.15) is 29.3 Å². The van der Waals surface area contributed by atoms with Crippen molar-refractivity contribution in [3.05, 3.63) is 29.3 Å². The van der Waals surface area contributed by atoms with E-state index >= 15 is 0 Å². The Hall–Kier alpha value is -1.52. The summed E-state index contributed by atoms with van der Waals surface area (Å²) >= 11 is 0. The monoisotopic (exact) mass is 232 g/mol. The number of hydrogen-bond acceptors (Lipinski definition) is 2. The van der Waals surface area contributed by atoms with Gasteiger partial charge in [-0.2, -0.15) is 13.2 Å². The number of para-hydroxylation sites is 1. The number of halogens is 3. The fourth-order valence-electron chi connectivity index (χ4n) is 1.24. The van der Waals surface area contributed by atoms with Gasteiger partial charge in [-0.1, -0.05) is 13.0 Å². The molecule has 0 bridgehead atoms. The van der Waals surface area contributed by atoms with Crippen molar-refractivity contribution in [1.29, 1.82) is 0 Å². The molecule has 0 aliphatic carbocycles. The van der Waals surface area contributed by atoms with Gasteiger partial charge < -0.3 is 4.74 Å². The average Bonchev–Trinajstić information content (AvgIpc) is 2.24. The van der Waals surface area contributed by atoms with Crippen LogP contribution in [0.15, 0.2) is 18.2 Å². The van der Waals surface area contributed by atoms with E-state index in [4.69, 9.17) is 4.74 Å². The summed E-state index contributed by atoms with van der Waals surface area (Å²) in [5, 5.41) is 0. The fourth-order valence-corrected chi connectivity index (χ4v) is 1.24. The molecule has 0 amide bonds. The molecule has 5 heteroatoms. The molecule has 1 rings (SSSR count). The van der Waals surface area contributed by atoms with Crippen molar-refractivity contribution in [1.82, 2.24) is 0 Å². The minimum atomic E-state index is -4.51. The topological polar surface area (TPSA) is 26.3 Å². The number of benzene rings is 1. The van der Waals surface area contributed by atoms with Crippen molar-refractivity contribution < 1.29 is 22.7 Å². The summed E-state index contributed by atoms with van der Waals surface area (Å²) in [5.74, 6) is -0.383. The molecule has 0 saturated carbocycles. The molecular weight excluding hydrogens is 221 g/mol. The summed E-state index contributed by atoms with van der Waals surface area (Å²) in [5.41, 5.74) is -0.992. The fraction of sp³-hybridized carbons (Fsp3) is 0.364. The predicted octanol–water partition coefficient (Wildman–Crippen LogP) is 3.31. The SMILES string of the molecule is CCCOc1c(C=O)cccc1C(F)(F)F. The van der Waals surface area contributed by atoms with Gasteiger partial charge in [-0.15, -0.1) is 0 Å². The van der Waals surface area contributed by atoms with E-state index in [2.05, 4.69) is 0 Å². The quantitative estimate of drug-likeness (QED) is 0.744. The first-order chi connectivity index (χ1) is 7.50. The summed E-state index contributed by atoms with van der Waals surface area (Å²) in [6.07, 6.45) is -3.58. The van der Waals surface area contributed by atoms with Crippen molar-refractivity contribution in [2.45, 2.75) is 19.5 Å². The van der Waals surface area contributed by atoms with Crippen LogP contribution in [0.2, 0.25) is 0 Å². The highest BCUT2D eigenvalue weighted by atomic mass is 19.4. The zero-order valence-electron chi connectivity index (χ0n) is 8.67. The van der Waals surface area contributed by atoms with Gasteiger partial charge in [0.1, 0.15) is 5.75 Å². The standard InChI is InChI=1S/C11H11F3O2/c1-2-6-16-10-8(7-15)4-3-5-9(10)11(12,13)14/h3-5,7H,2,6H2,1H3. The van der Waals surface area contributed by atoms with Crippen LogP contribution >= 0.6 is 0 Å². The molecule has 0 aliphatic rings. The van der Waals surface area contributed by atoms with Crippen LogP contribution in [0.4, 0.5) is 13.2 Å². The maximum atomic E-state index is 12.6. The molecule has 1 aromatic rings. The second kappa shape index (κ2) is 5.01. The molecule has 0 atom stereocenters. The van der Waals surface area contributed by atoms with Crippen molar-refractivity contribution in [3.8, 4) is 5.75 Å². The zero-order valence-corrected chi connectivity index (χ0v) is 8.67. The number of hydrogen-bond donors (Lipinski definition) is 0. The van der Waals surface area contributed by atoms with Gasteiger partial charge in [0, 0.05) is 0 Å². The molecule has 0 fully saturated rings. The van der Waals surface area contributed by atoms with Gasteiger partial charge in [0.2, 0.25) is 0 Å². The van der Waals surface area contributed by atoms with E-state index in [1.165, 1.54) is 12.1 Å². The molecule has 0 aromatic heterocycles. The number of carbonyl (C=O) groups excluding carboxylic acids is 1. The highest BCUT2D eigenvalue weighted by molar-refractivity contribution is 5.80. The summed E-state index contributed by atoms with van der Waals surface area (Å²) in [7, 11) is 0.